The fourth-order valence-electron chi connectivity index (χ4n) is 1.34. The van der Waals surface area contributed by atoms with E-state index in [-0.39, 0.29) is 11.3 Å². The average Bonchev–Trinajstić information content (AvgIpc) is 2.97. The third-order valence-corrected chi connectivity index (χ3v) is 4.52. The van der Waals surface area contributed by atoms with E-state index < -0.39 is 0 Å². The van der Waals surface area contributed by atoms with Crippen LogP contribution in [0.25, 0.3) is 0 Å². The van der Waals surface area contributed by atoms with Crippen molar-refractivity contribution < 1.29 is 4.79 Å². The Kier molecular flexibility index (Phi) is 3.69. The minimum absolute atomic E-state index is 0.0306. The maximum atomic E-state index is 11.6. The summed E-state index contributed by atoms with van der Waals surface area (Å²) in [7, 11) is 0. The van der Waals surface area contributed by atoms with Gasteiger partial charge >= 0.3 is 0 Å². The SMILES string of the molecule is O=C(NCC(Cl)C1CC1)c1ccc(Br)s1. The Labute approximate surface area is 106 Å². The number of rotatable bonds is 4. The van der Waals surface area contributed by atoms with Crippen molar-refractivity contribution in [2.45, 2.75) is 18.2 Å². The Morgan fingerprint density at radius 1 is 1.67 bits per heavy atom. The number of nitrogens with one attached hydrogen (secondary N) is 1. The standard InChI is InChI=1S/C10H11BrClNOS/c11-9-4-3-8(15-9)10(14)13-5-7(12)6-1-2-6/h3-4,6-7H,1-2,5H2,(H,13,14). The Morgan fingerprint density at radius 3 is 2.93 bits per heavy atom. The van der Waals surface area contributed by atoms with Gasteiger partial charge in [0.2, 0.25) is 0 Å². The van der Waals surface area contributed by atoms with Gasteiger partial charge in [0.25, 0.3) is 5.91 Å². The molecule has 15 heavy (non-hydrogen) atoms. The predicted octanol–water partition coefficient (Wildman–Crippen LogP) is 3.26. The van der Waals surface area contributed by atoms with Crippen LogP contribution in [0.15, 0.2) is 15.9 Å². The van der Waals surface area contributed by atoms with Crippen molar-refractivity contribution >= 4 is 44.8 Å². The molecule has 1 aliphatic carbocycles. The summed E-state index contributed by atoms with van der Waals surface area (Å²) >= 11 is 10.9. The van der Waals surface area contributed by atoms with Gasteiger partial charge in [-0.1, -0.05) is 0 Å². The highest BCUT2D eigenvalue weighted by Gasteiger charge is 2.29. The molecule has 1 aromatic heterocycles. The lowest BCUT2D eigenvalue weighted by Gasteiger charge is -2.08. The normalized spacial score (nSPS) is 17.5. The Morgan fingerprint density at radius 2 is 2.40 bits per heavy atom. The van der Waals surface area contributed by atoms with Gasteiger partial charge in [0.15, 0.2) is 0 Å². The summed E-state index contributed by atoms with van der Waals surface area (Å²) in [4.78, 5) is 12.3. The lowest BCUT2D eigenvalue weighted by Crippen LogP contribution is -2.30. The number of carbonyl (C=O) groups excluding carboxylic acids is 1. The van der Waals surface area contributed by atoms with Gasteiger partial charge < -0.3 is 5.32 Å². The van der Waals surface area contributed by atoms with Crippen molar-refractivity contribution in [3.8, 4) is 0 Å². The van der Waals surface area contributed by atoms with E-state index >= 15 is 0 Å². The minimum Gasteiger partial charge on any atom is -0.350 e. The fraction of sp³-hybridized carbons (Fsp3) is 0.500. The van der Waals surface area contributed by atoms with E-state index in [0.29, 0.717) is 12.5 Å². The maximum Gasteiger partial charge on any atom is 0.261 e. The van der Waals surface area contributed by atoms with Crippen LogP contribution < -0.4 is 5.32 Å². The minimum atomic E-state index is -0.0306. The van der Waals surface area contributed by atoms with E-state index in [1.165, 1.54) is 24.2 Å². The largest absolute Gasteiger partial charge is 0.350 e. The molecule has 1 saturated carbocycles. The second kappa shape index (κ2) is 4.85. The number of hydrogen-bond acceptors (Lipinski definition) is 2. The van der Waals surface area contributed by atoms with Crippen molar-refractivity contribution in [3.63, 3.8) is 0 Å². The molecule has 1 aromatic rings. The lowest BCUT2D eigenvalue weighted by atomic mass is 10.3. The molecule has 0 aromatic carbocycles. The smallest absolute Gasteiger partial charge is 0.261 e. The molecular weight excluding hydrogens is 298 g/mol. The Balaban J connectivity index is 1.81. The van der Waals surface area contributed by atoms with Gasteiger partial charge in [-0.25, -0.2) is 0 Å². The van der Waals surface area contributed by atoms with Crippen LogP contribution >= 0.6 is 38.9 Å². The van der Waals surface area contributed by atoms with Crippen LogP contribution in [0.3, 0.4) is 0 Å². The Hall–Kier alpha value is -0.0600. The van der Waals surface area contributed by atoms with Crippen LogP contribution in [0.4, 0.5) is 0 Å². The molecule has 2 rings (SSSR count). The molecule has 2 nitrogen and oxygen atoms in total. The van der Waals surface area contributed by atoms with Crippen molar-refractivity contribution in [1.82, 2.24) is 5.32 Å². The zero-order chi connectivity index (χ0) is 10.8. The van der Waals surface area contributed by atoms with Gasteiger partial charge in [0.1, 0.15) is 0 Å². The first kappa shape index (κ1) is 11.4. The van der Waals surface area contributed by atoms with E-state index in [9.17, 15) is 4.79 Å². The monoisotopic (exact) mass is 307 g/mol. The van der Waals surface area contributed by atoms with E-state index in [1.807, 2.05) is 12.1 Å². The van der Waals surface area contributed by atoms with Gasteiger partial charge in [-0.3, -0.25) is 4.79 Å². The second-order valence-corrected chi connectivity index (χ2v) is 6.69. The molecule has 82 valence electrons. The van der Waals surface area contributed by atoms with Gasteiger partial charge in [-0.05, 0) is 46.8 Å². The first-order valence-corrected chi connectivity index (χ1v) is 6.89. The quantitative estimate of drug-likeness (QED) is 0.850. The van der Waals surface area contributed by atoms with Crippen molar-refractivity contribution in [2.24, 2.45) is 5.92 Å². The summed E-state index contributed by atoms with van der Waals surface area (Å²) in [6, 6.07) is 3.68. The van der Waals surface area contributed by atoms with Crippen LogP contribution in [0.1, 0.15) is 22.5 Å². The maximum absolute atomic E-state index is 11.6. The molecule has 1 amide bonds. The lowest BCUT2D eigenvalue weighted by molar-refractivity contribution is 0.0957. The molecule has 1 aliphatic rings. The highest BCUT2D eigenvalue weighted by atomic mass is 79.9. The summed E-state index contributed by atoms with van der Waals surface area (Å²) in [5.74, 6) is 0.582. The predicted molar refractivity (Wildman–Crippen MR) is 66.7 cm³/mol. The van der Waals surface area contributed by atoms with Crippen LogP contribution in [0.2, 0.25) is 0 Å². The summed E-state index contributed by atoms with van der Waals surface area (Å²) < 4.78 is 0.970. The van der Waals surface area contributed by atoms with Crippen LogP contribution in [-0.4, -0.2) is 17.8 Å². The molecule has 0 aliphatic heterocycles. The van der Waals surface area contributed by atoms with Gasteiger partial charge in [-0.2, -0.15) is 0 Å². The third kappa shape index (κ3) is 3.20. The summed E-state index contributed by atoms with van der Waals surface area (Å²) in [5, 5.41) is 2.95. The summed E-state index contributed by atoms with van der Waals surface area (Å²) in [6.45, 7) is 0.570. The number of amides is 1. The fourth-order valence-corrected chi connectivity index (χ4v) is 2.97. The van der Waals surface area contributed by atoms with E-state index in [0.717, 1.165) is 8.66 Å². The average molecular weight is 309 g/mol. The summed E-state index contributed by atoms with van der Waals surface area (Å²) in [6.07, 6.45) is 2.41. The highest BCUT2D eigenvalue weighted by molar-refractivity contribution is 9.11. The van der Waals surface area contributed by atoms with E-state index in [1.54, 1.807) is 0 Å². The zero-order valence-electron chi connectivity index (χ0n) is 8.00. The molecule has 1 unspecified atom stereocenters. The molecule has 0 spiro atoms. The first-order chi connectivity index (χ1) is 7.16. The highest BCUT2D eigenvalue weighted by Crippen LogP contribution is 2.35. The molecule has 0 bridgehead atoms. The molecule has 5 heteroatoms. The third-order valence-electron chi connectivity index (χ3n) is 2.39. The number of carbonyl (C=O) groups is 1. The topological polar surface area (TPSA) is 29.1 Å². The van der Waals surface area contributed by atoms with Crippen LogP contribution in [0, 0.1) is 5.92 Å². The molecule has 1 atom stereocenters. The second-order valence-electron chi connectivity index (χ2n) is 3.67. The van der Waals surface area contributed by atoms with Crippen LogP contribution in [-0.2, 0) is 0 Å². The number of hydrogen-bond donors (Lipinski definition) is 1. The van der Waals surface area contributed by atoms with Crippen molar-refractivity contribution in [3.05, 3.63) is 20.8 Å². The van der Waals surface area contributed by atoms with E-state index in [4.69, 9.17) is 11.6 Å². The van der Waals surface area contributed by atoms with Gasteiger partial charge in [-0.15, -0.1) is 22.9 Å². The van der Waals surface area contributed by atoms with Crippen LogP contribution in [0.5, 0.6) is 0 Å². The molecule has 0 saturated heterocycles. The number of alkyl halides is 1. The number of halogens is 2. The first-order valence-electron chi connectivity index (χ1n) is 4.84. The molecule has 0 radical (unpaired) electrons. The molecule has 1 heterocycles. The summed E-state index contributed by atoms with van der Waals surface area (Å²) in [5.41, 5.74) is 0. The molecule has 1 fully saturated rings. The van der Waals surface area contributed by atoms with Crippen molar-refractivity contribution in [1.29, 1.82) is 0 Å². The van der Waals surface area contributed by atoms with E-state index in [2.05, 4.69) is 21.2 Å². The van der Waals surface area contributed by atoms with Crippen molar-refractivity contribution in [2.75, 3.05) is 6.54 Å². The molecule has 1 N–H and O–H groups in total. The Bertz CT molecular complexity index is 364. The zero-order valence-corrected chi connectivity index (χ0v) is 11.2. The molecular formula is C10H11BrClNOS. The number of thiophene rings is 1. The van der Waals surface area contributed by atoms with Gasteiger partial charge in [0, 0.05) is 6.54 Å². The van der Waals surface area contributed by atoms with Gasteiger partial charge in [0.05, 0.1) is 14.0 Å².